The molecule has 0 saturated heterocycles. The second-order valence-electron chi connectivity index (χ2n) is 8.51. The van der Waals surface area contributed by atoms with Crippen molar-refractivity contribution in [3.05, 3.63) is 45.1 Å². The highest BCUT2D eigenvalue weighted by Crippen LogP contribution is 2.53. The van der Waals surface area contributed by atoms with E-state index in [2.05, 4.69) is 5.18 Å². The van der Waals surface area contributed by atoms with Gasteiger partial charge in [0, 0.05) is 11.5 Å². The number of nitrogens with zero attached hydrogens (tertiary/aromatic N) is 2. The van der Waals surface area contributed by atoms with E-state index in [-0.39, 0.29) is 35.2 Å². The molecule has 11 heteroatoms. The summed E-state index contributed by atoms with van der Waals surface area (Å²) >= 11 is 0. The van der Waals surface area contributed by atoms with Crippen LogP contribution in [0.5, 0.6) is 5.75 Å². The number of hydrogen-bond donors (Lipinski definition) is 5. The Morgan fingerprint density at radius 2 is 1.88 bits per heavy atom. The number of amides is 1. The number of aliphatic hydroxyl groups is 3. The fourth-order valence-electron chi connectivity index (χ4n) is 5.31. The minimum Gasteiger partial charge on any atom is -0.508 e. The Kier molecular flexibility index (Phi) is 4.72. The number of carbonyl (C=O) groups excluding carboxylic acids is 3. The highest BCUT2D eigenvalue weighted by Gasteiger charge is 2.64. The predicted octanol–water partition coefficient (Wildman–Crippen LogP) is 0.362. The molecule has 3 aliphatic rings. The maximum absolute atomic E-state index is 13.5. The third kappa shape index (κ3) is 2.58. The smallest absolute Gasteiger partial charge is 0.255 e. The third-order valence-corrected chi connectivity index (χ3v) is 6.68. The number of aromatic hydroxyl groups is 1. The van der Waals surface area contributed by atoms with Crippen LogP contribution in [0, 0.1) is 16.7 Å². The minimum absolute atomic E-state index is 0.0179. The summed E-state index contributed by atoms with van der Waals surface area (Å²) in [5.41, 5.74) is 1.44. The first-order valence-corrected chi connectivity index (χ1v) is 9.79. The molecule has 4 atom stereocenters. The molecule has 1 fully saturated rings. The van der Waals surface area contributed by atoms with Crippen LogP contribution in [-0.2, 0) is 20.8 Å². The number of ketones is 2. The summed E-state index contributed by atoms with van der Waals surface area (Å²) in [6, 6.07) is 1.25. The quantitative estimate of drug-likeness (QED) is 0.324. The van der Waals surface area contributed by atoms with Crippen LogP contribution in [-0.4, -0.2) is 68.5 Å². The highest BCUT2D eigenvalue weighted by molar-refractivity contribution is 6.24. The molecular formula is C21H21N3O8. The van der Waals surface area contributed by atoms with Gasteiger partial charge in [0.25, 0.3) is 5.91 Å². The zero-order valence-corrected chi connectivity index (χ0v) is 17.2. The Bertz CT molecular complexity index is 1170. The van der Waals surface area contributed by atoms with E-state index in [0.717, 1.165) is 6.07 Å². The van der Waals surface area contributed by atoms with Gasteiger partial charge in [-0.05, 0) is 55.7 Å². The maximum atomic E-state index is 13.5. The first kappa shape index (κ1) is 21.7. The van der Waals surface area contributed by atoms with Crippen molar-refractivity contribution in [1.29, 1.82) is 0 Å². The number of nitrogens with two attached hydrogens (primary N) is 1. The third-order valence-electron chi connectivity index (χ3n) is 6.68. The lowest BCUT2D eigenvalue weighted by atomic mass is 9.57. The van der Waals surface area contributed by atoms with Gasteiger partial charge in [0.1, 0.15) is 28.5 Å². The van der Waals surface area contributed by atoms with Gasteiger partial charge in [-0.2, -0.15) is 0 Å². The van der Waals surface area contributed by atoms with Crippen molar-refractivity contribution >= 4 is 28.9 Å². The van der Waals surface area contributed by atoms with Gasteiger partial charge in [-0.15, -0.1) is 4.91 Å². The first-order valence-electron chi connectivity index (χ1n) is 9.79. The summed E-state index contributed by atoms with van der Waals surface area (Å²) in [6.07, 6.45) is -0.0380. The van der Waals surface area contributed by atoms with Crippen molar-refractivity contribution in [2.75, 3.05) is 14.1 Å². The summed E-state index contributed by atoms with van der Waals surface area (Å²) in [4.78, 5) is 51.1. The molecule has 0 radical (unpaired) electrons. The van der Waals surface area contributed by atoms with Gasteiger partial charge in [0.15, 0.2) is 11.4 Å². The van der Waals surface area contributed by atoms with Crippen LogP contribution in [0.1, 0.15) is 17.5 Å². The molecule has 0 aromatic heterocycles. The van der Waals surface area contributed by atoms with Gasteiger partial charge < -0.3 is 26.2 Å². The molecule has 168 valence electrons. The number of phenolic OH excluding ortho intramolecular Hbond substituents is 1. The molecule has 2 unspecified atom stereocenters. The summed E-state index contributed by atoms with van der Waals surface area (Å²) in [6.45, 7) is 0. The van der Waals surface area contributed by atoms with Gasteiger partial charge in [-0.1, -0.05) is 0 Å². The number of phenols is 1. The number of benzene rings is 1. The van der Waals surface area contributed by atoms with Crippen LogP contribution in [0.4, 0.5) is 5.69 Å². The van der Waals surface area contributed by atoms with Crippen molar-refractivity contribution in [3.63, 3.8) is 0 Å². The Balaban J connectivity index is 2.00. The maximum Gasteiger partial charge on any atom is 0.255 e. The van der Waals surface area contributed by atoms with E-state index in [1.807, 2.05) is 0 Å². The molecule has 6 N–H and O–H groups in total. The van der Waals surface area contributed by atoms with E-state index >= 15 is 0 Å². The first-order chi connectivity index (χ1) is 15.0. The lowest BCUT2D eigenvalue weighted by molar-refractivity contribution is -0.153. The van der Waals surface area contributed by atoms with Crippen molar-refractivity contribution in [2.45, 2.75) is 24.5 Å². The van der Waals surface area contributed by atoms with E-state index in [1.165, 1.54) is 25.1 Å². The van der Waals surface area contributed by atoms with Crippen molar-refractivity contribution in [3.8, 4) is 5.75 Å². The topological polar surface area (TPSA) is 191 Å². The predicted molar refractivity (Wildman–Crippen MR) is 110 cm³/mol. The zero-order chi connectivity index (χ0) is 23.7. The van der Waals surface area contributed by atoms with Crippen LogP contribution in [0.15, 0.2) is 34.2 Å². The molecule has 1 amide bonds. The monoisotopic (exact) mass is 443 g/mol. The van der Waals surface area contributed by atoms with Crippen molar-refractivity contribution < 1.29 is 34.8 Å². The SMILES string of the molecule is CN(C)[C@@H]1C(=O)C(C(N)=O)=C(O)[C@@]2(O)C(=O)C3=C(O)c4c(O)ccc(N=O)c4CC3CC12. The zero-order valence-electron chi connectivity index (χ0n) is 17.2. The molecule has 1 aromatic rings. The number of likely N-dealkylation sites (N-methyl/N-ethyl adjacent to an activating group) is 1. The number of rotatable bonds is 3. The normalized spacial score (nSPS) is 29.6. The van der Waals surface area contributed by atoms with E-state index in [0.29, 0.717) is 0 Å². The van der Waals surface area contributed by atoms with Gasteiger partial charge in [0.05, 0.1) is 11.6 Å². The van der Waals surface area contributed by atoms with Crippen LogP contribution < -0.4 is 5.73 Å². The number of nitroso groups, excluding NO2 is 1. The molecule has 0 aliphatic heterocycles. The summed E-state index contributed by atoms with van der Waals surface area (Å²) in [5.74, 6) is -7.38. The summed E-state index contributed by atoms with van der Waals surface area (Å²) in [7, 11) is 3.03. The Labute approximate surface area is 181 Å². The van der Waals surface area contributed by atoms with Crippen LogP contribution in [0.25, 0.3) is 5.76 Å². The molecular weight excluding hydrogens is 422 g/mol. The van der Waals surface area contributed by atoms with Crippen molar-refractivity contribution in [1.82, 2.24) is 4.90 Å². The van der Waals surface area contributed by atoms with E-state index < -0.39 is 63.8 Å². The number of fused-ring (bicyclic) bond motifs is 3. The molecule has 11 nitrogen and oxygen atoms in total. The minimum atomic E-state index is -2.69. The Morgan fingerprint density at radius 3 is 2.44 bits per heavy atom. The molecule has 1 saturated carbocycles. The molecule has 1 aromatic carbocycles. The Morgan fingerprint density at radius 1 is 1.22 bits per heavy atom. The molecule has 32 heavy (non-hydrogen) atoms. The number of aliphatic hydroxyl groups excluding tert-OH is 2. The second kappa shape index (κ2) is 6.97. The lowest BCUT2D eigenvalue weighted by Gasteiger charge is -2.50. The molecule has 0 spiro atoms. The van der Waals surface area contributed by atoms with Crippen LogP contribution in [0.3, 0.4) is 0 Å². The summed E-state index contributed by atoms with van der Waals surface area (Å²) < 4.78 is 0. The van der Waals surface area contributed by atoms with Crippen molar-refractivity contribution in [2.24, 2.45) is 22.7 Å². The number of hydrogen-bond acceptors (Lipinski definition) is 10. The number of carbonyl (C=O) groups is 3. The standard InChI is InChI=1S/C21H21N3O8/c1-24(2)15-9-6-7-5-8-10(23-32)3-4-11(25)13(8)16(26)12(7)18(28)21(9,31)19(29)14(17(15)27)20(22)30/h3-4,7,9,15,25-26,29,31H,5-6H2,1-2H3,(H2,22,30)/t7?,9?,15-,21-/m0/s1. The van der Waals surface area contributed by atoms with Gasteiger partial charge >= 0.3 is 0 Å². The average Bonchev–Trinajstić information content (AvgIpc) is 2.70. The fraction of sp³-hybridized carbons (Fsp3) is 0.381. The number of Topliss-reactive ketones (excluding diaryl/α,β-unsaturated/α-hetero) is 2. The summed E-state index contributed by atoms with van der Waals surface area (Å²) in [5, 5.41) is 46.2. The second-order valence-corrected chi connectivity index (χ2v) is 8.51. The van der Waals surface area contributed by atoms with Gasteiger partial charge in [-0.25, -0.2) is 0 Å². The Hall–Kier alpha value is -3.57. The average molecular weight is 443 g/mol. The molecule has 3 aliphatic carbocycles. The van der Waals surface area contributed by atoms with Crippen LogP contribution >= 0.6 is 0 Å². The molecule has 0 heterocycles. The van der Waals surface area contributed by atoms with Gasteiger partial charge in [-0.3, -0.25) is 19.3 Å². The van der Waals surface area contributed by atoms with E-state index in [9.17, 15) is 39.7 Å². The highest BCUT2D eigenvalue weighted by atomic mass is 16.3. The number of primary amides is 1. The fourth-order valence-corrected chi connectivity index (χ4v) is 5.31. The largest absolute Gasteiger partial charge is 0.508 e. The van der Waals surface area contributed by atoms with Gasteiger partial charge in [0.2, 0.25) is 5.78 Å². The molecule has 0 bridgehead atoms. The van der Waals surface area contributed by atoms with E-state index in [4.69, 9.17) is 5.73 Å². The van der Waals surface area contributed by atoms with Crippen LogP contribution in [0.2, 0.25) is 0 Å². The lowest BCUT2D eigenvalue weighted by Crippen LogP contribution is -2.65. The van der Waals surface area contributed by atoms with E-state index in [1.54, 1.807) is 0 Å². The molecule has 4 rings (SSSR count).